The lowest BCUT2D eigenvalue weighted by atomic mass is 10.1. The highest BCUT2D eigenvalue weighted by Gasteiger charge is 2.16. The van der Waals surface area contributed by atoms with E-state index in [-0.39, 0.29) is 11.7 Å². The van der Waals surface area contributed by atoms with Gasteiger partial charge in [0.1, 0.15) is 5.75 Å². The molecule has 0 aliphatic heterocycles. The van der Waals surface area contributed by atoms with Crippen LogP contribution in [0.5, 0.6) is 23.0 Å². The Morgan fingerprint density at radius 1 is 1.04 bits per heavy atom. The molecule has 2 aromatic rings. The summed E-state index contributed by atoms with van der Waals surface area (Å²) >= 11 is 3.37. The van der Waals surface area contributed by atoms with Crippen LogP contribution < -0.4 is 24.8 Å². The van der Waals surface area contributed by atoms with Gasteiger partial charge in [0.25, 0.3) is 5.91 Å². The Balaban J connectivity index is 1.89. The first-order valence-corrected chi connectivity index (χ1v) is 9.05. The van der Waals surface area contributed by atoms with E-state index in [1.54, 1.807) is 24.3 Å². The van der Waals surface area contributed by atoms with Crippen molar-refractivity contribution in [3.63, 3.8) is 0 Å². The van der Waals surface area contributed by atoms with Crippen molar-refractivity contribution in [1.29, 1.82) is 0 Å². The lowest BCUT2D eigenvalue weighted by Gasteiger charge is -2.14. The van der Waals surface area contributed by atoms with Gasteiger partial charge < -0.3 is 30.0 Å². The molecule has 0 saturated heterocycles. The number of benzene rings is 2. The van der Waals surface area contributed by atoms with Gasteiger partial charge in [-0.1, -0.05) is 15.9 Å². The zero-order chi connectivity index (χ0) is 19.8. The van der Waals surface area contributed by atoms with Gasteiger partial charge in [-0.25, -0.2) is 0 Å². The van der Waals surface area contributed by atoms with Crippen LogP contribution in [0.3, 0.4) is 0 Å². The van der Waals surface area contributed by atoms with Crippen LogP contribution in [-0.4, -0.2) is 45.4 Å². The van der Waals surface area contributed by atoms with E-state index in [0.717, 1.165) is 10.0 Å². The van der Waals surface area contributed by atoms with Crippen LogP contribution in [0, 0.1) is 0 Å². The highest BCUT2D eigenvalue weighted by Crippen LogP contribution is 2.38. The lowest BCUT2D eigenvalue weighted by Crippen LogP contribution is -2.31. The van der Waals surface area contributed by atoms with Gasteiger partial charge in [0.15, 0.2) is 11.5 Å². The van der Waals surface area contributed by atoms with E-state index >= 15 is 0 Å². The normalized spacial score (nSPS) is 10.4. The highest BCUT2D eigenvalue weighted by molar-refractivity contribution is 9.10. The zero-order valence-corrected chi connectivity index (χ0v) is 17.1. The maximum Gasteiger partial charge on any atom is 0.251 e. The summed E-state index contributed by atoms with van der Waals surface area (Å²) in [5.41, 5.74) is 1.19. The first-order chi connectivity index (χ1) is 13.0. The molecule has 2 rings (SSSR count). The maximum atomic E-state index is 12.4. The minimum absolute atomic E-state index is 0.229. The zero-order valence-electron chi connectivity index (χ0n) is 15.5. The maximum absolute atomic E-state index is 12.4. The number of halogens is 1. The number of methoxy groups -OCH3 is 3. The highest BCUT2D eigenvalue weighted by atomic mass is 79.9. The number of carbonyl (C=O) groups excluding carboxylic acids is 1. The van der Waals surface area contributed by atoms with Crippen LogP contribution in [0.15, 0.2) is 34.8 Å². The Labute approximate surface area is 166 Å². The topological polar surface area (TPSA) is 89.1 Å². The van der Waals surface area contributed by atoms with Crippen LogP contribution in [0.25, 0.3) is 0 Å². The lowest BCUT2D eigenvalue weighted by molar-refractivity contribution is 0.0953. The predicted molar refractivity (Wildman–Crippen MR) is 106 cm³/mol. The molecule has 0 radical (unpaired) electrons. The number of rotatable bonds is 9. The van der Waals surface area contributed by atoms with E-state index in [9.17, 15) is 9.90 Å². The summed E-state index contributed by atoms with van der Waals surface area (Å²) in [4.78, 5) is 12.4. The van der Waals surface area contributed by atoms with Crippen molar-refractivity contribution in [1.82, 2.24) is 10.6 Å². The number of carbonyl (C=O) groups is 1. The number of hydrogen-bond donors (Lipinski definition) is 3. The average Bonchev–Trinajstić information content (AvgIpc) is 2.68. The second-order valence-corrected chi connectivity index (χ2v) is 6.54. The number of amides is 1. The molecular weight excluding hydrogens is 416 g/mol. The fraction of sp³-hybridized carbons (Fsp3) is 0.316. The molecular formula is C19H23BrN2O5. The summed E-state index contributed by atoms with van der Waals surface area (Å²) in [7, 11) is 4.51. The molecule has 27 heavy (non-hydrogen) atoms. The van der Waals surface area contributed by atoms with Crippen LogP contribution in [-0.2, 0) is 6.54 Å². The molecule has 0 aliphatic rings. The van der Waals surface area contributed by atoms with Gasteiger partial charge in [0.2, 0.25) is 5.75 Å². The van der Waals surface area contributed by atoms with Gasteiger partial charge in [0.05, 0.1) is 21.3 Å². The summed E-state index contributed by atoms with van der Waals surface area (Å²) in [6.45, 7) is 1.46. The number of ether oxygens (including phenoxy) is 3. The molecule has 0 aliphatic carbocycles. The Morgan fingerprint density at radius 2 is 1.70 bits per heavy atom. The largest absolute Gasteiger partial charge is 0.508 e. The first kappa shape index (κ1) is 20.9. The molecule has 8 heteroatoms. The molecule has 146 valence electrons. The molecule has 0 aromatic heterocycles. The molecule has 0 atom stereocenters. The number of phenolic OH excluding ortho intramolecular Hbond substituents is 1. The molecule has 0 saturated carbocycles. The van der Waals surface area contributed by atoms with E-state index in [1.807, 2.05) is 6.07 Å². The molecule has 0 unspecified atom stereocenters. The summed E-state index contributed by atoms with van der Waals surface area (Å²) in [5.74, 6) is 1.26. The van der Waals surface area contributed by atoms with Crippen LogP contribution in [0.1, 0.15) is 15.9 Å². The molecule has 0 fully saturated rings. The van der Waals surface area contributed by atoms with E-state index in [2.05, 4.69) is 26.6 Å². The monoisotopic (exact) mass is 438 g/mol. The SMILES string of the molecule is COc1cc(C(=O)NCCNCc2cc(Br)ccc2O)cc(OC)c1OC. The Hall–Kier alpha value is -2.45. The Bertz CT molecular complexity index is 773. The molecule has 7 nitrogen and oxygen atoms in total. The summed E-state index contributed by atoms with van der Waals surface area (Å²) in [6.07, 6.45) is 0. The van der Waals surface area contributed by atoms with Crippen LogP contribution in [0.4, 0.5) is 0 Å². The van der Waals surface area contributed by atoms with Crippen LogP contribution in [0.2, 0.25) is 0 Å². The second kappa shape index (κ2) is 10.0. The van der Waals surface area contributed by atoms with Gasteiger partial charge >= 0.3 is 0 Å². The summed E-state index contributed by atoms with van der Waals surface area (Å²) < 4.78 is 16.7. The van der Waals surface area contributed by atoms with E-state index in [0.29, 0.717) is 42.4 Å². The average molecular weight is 439 g/mol. The van der Waals surface area contributed by atoms with Crippen molar-refractivity contribution in [2.75, 3.05) is 34.4 Å². The van der Waals surface area contributed by atoms with Crippen molar-refractivity contribution in [2.45, 2.75) is 6.54 Å². The third-order valence-electron chi connectivity index (χ3n) is 3.87. The third-order valence-corrected chi connectivity index (χ3v) is 4.36. The number of phenols is 1. The van der Waals surface area contributed by atoms with Gasteiger partial charge in [-0.3, -0.25) is 4.79 Å². The van der Waals surface area contributed by atoms with Crippen molar-refractivity contribution >= 4 is 21.8 Å². The molecule has 0 heterocycles. The van der Waals surface area contributed by atoms with Crippen molar-refractivity contribution in [2.24, 2.45) is 0 Å². The first-order valence-electron chi connectivity index (χ1n) is 8.26. The number of hydrogen-bond acceptors (Lipinski definition) is 6. The number of aromatic hydroxyl groups is 1. The van der Waals surface area contributed by atoms with Crippen molar-refractivity contribution < 1.29 is 24.1 Å². The quantitative estimate of drug-likeness (QED) is 0.521. The van der Waals surface area contributed by atoms with E-state index in [4.69, 9.17) is 14.2 Å². The van der Waals surface area contributed by atoms with Gasteiger partial charge in [0, 0.05) is 35.2 Å². The smallest absolute Gasteiger partial charge is 0.251 e. The fourth-order valence-electron chi connectivity index (χ4n) is 2.50. The third kappa shape index (κ3) is 5.51. The molecule has 0 spiro atoms. The van der Waals surface area contributed by atoms with Crippen molar-refractivity contribution in [3.8, 4) is 23.0 Å². The minimum atomic E-state index is -0.249. The van der Waals surface area contributed by atoms with Crippen molar-refractivity contribution in [3.05, 3.63) is 45.9 Å². The second-order valence-electron chi connectivity index (χ2n) is 5.62. The van der Waals surface area contributed by atoms with E-state index < -0.39 is 0 Å². The molecule has 0 bridgehead atoms. The standard InChI is InChI=1S/C19H23BrN2O5/c1-25-16-9-12(10-17(26-2)18(16)27-3)19(24)22-7-6-21-11-13-8-14(20)4-5-15(13)23/h4-5,8-10,21,23H,6-7,11H2,1-3H3,(H,22,24). The Kier molecular flexibility index (Phi) is 7.75. The predicted octanol–water partition coefficient (Wildman–Crippen LogP) is 2.70. The molecule has 3 N–H and O–H groups in total. The van der Waals surface area contributed by atoms with Gasteiger partial charge in [-0.2, -0.15) is 0 Å². The summed E-state index contributed by atoms with van der Waals surface area (Å²) in [5, 5.41) is 15.8. The van der Waals surface area contributed by atoms with Crippen LogP contribution >= 0.6 is 15.9 Å². The fourth-order valence-corrected chi connectivity index (χ4v) is 2.91. The Morgan fingerprint density at radius 3 is 2.30 bits per heavy atom. The van der Waals surface area contributed by atoms with Gasteiger partial charge in [-0.15, -0.1) is 0 Å². The molecule has 2 aromatic carbocycles. The minimum Gasteiger partial charge on any atom is -0.508 e. The summed E-state index contributed by atoms with van der Waals surface area (Å²) in [6, 6.07) is 8.45. The van der Waals surface area contributed by atoms with Gasteiger partial charge in [-0.05, 0) is 30.3 Å². The van der Waals surface area contributed by atoms with E-state index in [1.165, 1.54) is 21.3 Å². The number of nitrogens with one attached hydrogen (secondary N) is 2. The molecule has 1 amide bonds.